The molecule has 0 unspecified atom stereocenters. The van der Waals surface area contributed by atoms with E-state index >= 15 is 0 Å². The molecule has 0 radical (unpaired) electrons. The molecule has 1 atom stereocenters. The number of nitrogens with zero attached hydrogens (tertiary/aromatic N) is 1. The SMILES string of the molecule is CC(=O)N[C@@H](CSc1ccc([N+](=O)[O-])c(C(=O)O)c1)C(=O)O. The molecule has 0 aromatic heterocycles. The zero-order valence-corrected chi connectivity index (χ0v) is 12.1. The van der Waals surface area contributed by atoms with E-state index in [1.54, 1.807) is 0 Å². The van der Waals surface area contributed by atoms with Crippen LogP contribution in [0.1, 0.15) is 17.3 Å². The molecule has 0 heterocycles. The largest absolute Gasteiger partial charge is 0.480 e. The van der Waals surface area contributed by atoms with Crippen LogP contribution >= 0.6 is 11.8 Å². The van der Waals surface area contributed by atoms with Gasteiger partial charge in [0.25, 0.3) is 5.69 Å². The minimum atomic E-state index is -1.45. The molecule has 0 bridgehead atoms. The smallest absolute Gasteiger partial charge is 0.342 e. The average Bonchev–Trinajstić information content (AvgIpc) is 2.42. The van der Waals surface area contributed by atoms with E-state index in [0.29, 0.717) is 4.90 Å². The minimum Gasteiger partial charge on any atom is -0.480 e. The van der Waals surface area contributed by atoms with E-state index in [1.165, 1.54) is 13.0 Å². The third-order valence-corrected chi connectivity index (χ3v) is 3.57. The van der Waals surface area contributed by atoms with Gasteiger partial charge in [0.1, 0.15) is 11.6 Å². The Kier molecular flexibility index (Phi) is 5.87. The molecular weight excluding hydrogens is 316 g/mol. The fraction of sp³-hybridized carbons (Fsp3) is 0.250. The number of nitrogens with one attached hydrogen (secondary N) is 1. The summed E-state index contributed by atoms with van der Waals surface area (Å²) in [5, 5.41) is 30.9. The number of nitro benzene ring substituents is 1. The zero-order valence-electron chi connectivity index (χ0n) is 11.3. The number of carboxylic acids is 2. The summed E-state index contributed by atoms with van der Waals surface area (Å²) < 4.78 is 0. The van der Waals surface area contributed by atoms with Crippen molar-refractivity contribution in [2.24, 2.45) is 0 Å². The minimum absolute atomic E-state index is 0.0498. The summed E-state index contributed by atoms with van der Waals surface area (Å²) in [6, 6.07) is 2.31. The van der Waals surface area contributed by atoms with Gasteiger partial charge in [0, 0.05) is 23.6 Å². The van der Waals surface area contributed by atoms with Gasteiger partial charge in [-0.05, 0) is 12.1 Å². The molecule has 3 N–H and O–H groups in total. The van der Waals surface area contributed by atoms with E-state index in [4.69, 9.17) is 10.2 Å². The number of carboxylic acid groups (broad SMARTS) is 2. The Morgan fingerprint density at radius 1 is 1.36 bits per heavy atom. The van der Waals surface area contributed by atoms with Crippen LogP contribution in [0.3, 0.4) is 0 Å². The van der Waals surface area contributed by atoms with E-state index < -0.39 is 40.1 Å². The van der Waals surface area contributed by atoms with Gasteiger partial charge in [-0.1, -0.05) is 0 Å². The van der Waals surface area contributed by atoms with Crippen LogP contribution in [0.5, 0.6) is 0 Å². The topological polar surface area (TPSA) is 147 Å². The Balaban J connectivity index is 2.92. The van der Waals surface area contributed by atoms with Gasteiger partial charge in [-0.25, -0.2) is 9.59 Å². The van der Waals surface area contributed by atoms with Crippen LogP contribution in [-0.2, 0) is 9.59 Å². The Hall–Kier alpha value is -2.62. The van der Waals surface area contributed by atoms with Crippen LogP contribution in [0.2, 0.25) is 0 Å². The number of benzene rings is 1. The lowest BCUT2D eigenvalue weighted by molar-refractivity contribution is -0.385. The summed E-state index contributed by atoms with van der Waals surface area (Å²) in [6.45, 7) is 1.18. The zero-order chi connectivity index (χ0) is 16.9. The van der Waals surface area contributed by atoms with Crippen LogP contribution in [-0.4, -0.2) is 44.8 Å². The molecular formula is C12H12N2O7S. The van der Waals surface area contributed by atoms with Gasteiger partial charge in [0.15, 0.2) is 0 Å². The van der Waals surface area contributed by atoms with Gasteiger partial charge < -0.3 is 15.5 Å². The molecule has 0 saturated carbocycles. The van der Waals surface area contributed by atoms with Crippen molar-refractivity contribution in [1.29, 1.82) is 0 Å². The number of carbonyl (C=O) groups is 3. The standard InChI is InChI=1S/C12H12N2O7S/c1-6(15)13-9(12(18)19)5-22-7-2-3-10(14(20)21)8(4-7)11(16)17/h2-4,9H,5H2,1H3,(H,13,15)(H,16,17)(H,18,19)/t9-/m0/s1. The highest BCUT2D eigenvalue weighted by molar-refractivity contribution is 7.99. The molecule has 0 spiro atoms. The Morgan fingerprint density at radius 2 is 2.00 bits per heavy atom. The maximum atomic E-state index is 11.0. The molecule has 1 aromatic carbocycles. The third kappa shape index (κ3) is 4.74. The second-order valence-electron chi connectivity index (χ2n) is 4.14. The van der Waals surface area contributed by atoms with Crippen LogP contribution in [0, 0.1) is 10.1 Å². The normalized spacial score (nSPS) is 11.5. The van der Waals surface area contributed by atoms with E-state index in [1.807, 2.05) is 0 Å². The number of aromatic carboxylic acids is 1. The summed E-state index contributed by atoms with van der Waals surface area (Å²) in [4.78, 5) is 43.1. The molecule has 1 aromatic rings. The second kappa shape index (κ2) is 7.41. The van der Waals surface area contributed by atoms with E-state index in [0.717, 1.165) is 23.9 Å². The number of amides is 1. The lowest BCUT2D eigenvalue weighted by atomic mass is 10.2. The summed E-state index contributed by atoms with van der Waals surface area (Å²) in [7, 11) is 0. The van der Waals surface area contributed by atoms with E-state index in [2.05, 4.69) is 5.32 Å². The van der Waals surface area contributed by atoms with Gasteiger partial charge in [-0.2, -0.15) is 0 Å². The van der Waals surface area contributed by atoms with Crippen molar-refractivity contribution in [2.45, 2.75) is 17.9 Å². The van der Waals surface area contributed by atoms with Crippen molar-refractivity contribution in [2.75, 3.05) is 5.75 Å². The Morgan fingerprint density at radius 3 is 2.45 bits per heavy atom. The molecule has 0 fully saturated rings. The van der Waals surface area contributed by atoms with Crippen molar-refractivity contribution >= 4 is 35.3 Å². The number of carbonyl (C=O) groups excluding carboxylic acids is 1. The third-order valence-electron chi connectivity index (χ3n) is 2.49. The summed E-state index contributed by atoms with van der Waals surface area (Å²) >= 11 is 0.969. The maximum absolute atomic E-state index is 11.0. The quantitative estimate of drug-likeness (QED) is 0.381. The highest BCUT2D eigenvalue weighted by Gasteiger charge is 2.22. The number of aliphatic carboxylic acids is 1. The average molecular weight is 328 g/mol. The van der Waals surface area contributed by atoms with Crippen LogP contribution in [0.4, 0.5) is 5.69 Å². The first-order valence-corrected chi connectivity index (χ1v) is 6.85. The van der Waals surface area contributed by atoms with Gasteiger partial charge in [0.2, 0.25) is 5.91 Å². The van der Waals surface area contributed by atoms with E-state index in [-0.39, 0.29) is 5.75 Å². The van der Waals surface area contributed by atoms with Gasteiger partial charge in [-0.15, -0.1) is 11.8 Å². The Labute approximate surface area is 128 Å². The molecule has 1 rings (SSSR count). The second-order valence-corrected chi connectivity index (χ2v) is 5.24. The molecule has 0 aliphatic heterocycles. The molecule has 10 heteroatoms. The lowest BCUT2D eigenvalue weighted by Gasteiger charge is -2.12. The van der Waals surface area contributed by atoms with Crippen molar-refractivity contribution in [1.82, 2.24) is 5.32 Å². The first kappa shape index (κ1) is 17.4. The van der Waals surface area contributed by atoms with Gasteiger partial charge in [0.05, 0.1) is 4.92 Å². The highest BCUT2D eigenvalue weighted by Crippen LogP contribution is 2.26. The first-order chi connectivity index (χ1) is 10.2. The number of nitro groups is 1. The lowest BCUT2D eigenvalue weighted by Crippen LogP contribution is -2.41. The van der Waals surface area contributed by atoms with Gasteiger partial charge in [-0.3, -0.25) is 14.9 Å². The number of thioether (sulfide) groups is 1. The predicted octanol–water partition coefficient (Wildman–Crippen LogP) is 0.974. The van der Waals surface area contributed by atoms with E-state index in [9.17, 15) is 24.5 Å². The van der Waals surface area contributed by atoms with Crippen molar-refractivity contribution in [3.05, 3.63) is 33.9 Å². The molecule has 0 saturated heterocycles. The molecule has 9 nitrogen and oxygen atoms in total. The molecule has 0 aliphatic carbocycles. The van der Waals surface area contributed by atoms with Crippen molar-refractivity contribution in [3.63, 3.8) is 0 Å². The van der Waals surface area contributed by atoms with Crippen LogP contribution in [0.15, 0.2) is 23.1 Å². The molecule has 118 valence electrons. The van der Waals surface area contributed by atoms with Crippen LogP contribution in [0.25, 0.3) is 0 Å². The maximum Gasteiger partial charge on any atom is 0.342 e. The summed E-state index contributed by atoms with van der Waals surface area (Å²) in [6.07, 6.45) is 0. The monoisotopic (exact) mass is 328 g/mol. The number of hydrogen-bond acceptors (Lipinski definition) is 6. The fourth-order valence-electron chi connectivity index (χ4n) is 1.54. The first-order valence-electron chi connectivity index (χ1n) is 5.86. The predicted molar refractivity (Wildman–Crippen MR) is 76.0 cm³/mol. The van der Waals surface area contributed by atoms with Crippen molar-refractivity contribution in [3.8, 4) is 0 Å². The molecule has 0 aliphatic rings. The summed E-state index contributed by atoms with van der Waals surface area (Å²) in [5.74, 6) is -3.25. The number of rotatable bonds is 7. The molecule has 1 amide bonds. The fourth-order valence-corrected chi connectivity index (χ4v) is 2.49. The highest BCUT2D eigenvalue weighted by atomic mass is 32.2. The Bertz CT molecular complexity index is 632. The van der Waals surface area contributed by atoms with Crippen LogP contribution < -0.4 is 5.32 Å². The molecule has 22 heavy (non-hydrogen) atoms. The van der Waals surface area contributed by atoms with Gasteiger partial charge >= 0.3 is 11.9 Å². The summed E-state index contributed by atoms with van der Waals surface area (Å²) in [5.41, 5.74) is -1.03. The van der Waals surface area contributed by atoms with Crippen molar-refractivity contribution < 1.29 is 29.5 Å². The number of hydrogen-bond donors (Lipinski definition) is 3.